The first-order valence-electron chi connectivity index (χ1n) is 6.27. The Hall–Kier alpha value is 0.0969. The number of hydrogen-bond donors (Lipinski definition) is 2. The van der Waals surface area contributed by atoms with E-state index >= 15 is 0 Å². The minimum atomic E-state index is -1.66. The van der Waals surface area contributed by atoms with E-state index in [9.17, 15) is 5.11 Å². The zero-order chi connectivity index (χ0) is 12.4. The Kier molecular flexibility index (Phi) is 4.57. The van der Waals surface area contributed by atoms with Gasteiger partial charge in [-0.2, -0.15) is 0 Å². The second kappa shape index (κ2) is 5.17. The number of piperidine rings is 1. The fourth-order valence-electron chi connectivity index (χ4n) is 1.61. The van der Waals surface area contributed by atoms with Gasteiger partial charge in [0, 0.05) is 19.1 Å². The van der Waals surface area contributed by atoms with Crippen LogP contribution in [-0.4, -0.2) is 39.2 Å². The average molecular weight is 245 g/mol. The fraction of sp³-hybridized carbons (Fsp3) is 1.00. The predicted molar refractivity (Wildman–Crippen MR) is 70.1 cm³/mol. The summed E-state index contributed by atoms with van der Waals surface area (Å²) in [5.41, 5.74) is 0. The van der Waals surface area contributed by atoms with E-state index in [0.717, 1.165) is 19.5 Å². The highest BCUT2D eigenvalue weighted by Crippen LogP contribution is 2.36. The molecule has 96 valence electrons. The molecule has 1 fully saturated rings. The van der Waals surface area contributed by atoms with Gasteiger partial charge in [-0.05, 0) is 31.1 Å². The molecular weight excluding hydrogens is 218 g/mol. The van der Waals surface area contributed by atoms with Crippen molar-refractivity contribution in [2.75, 3.05) is 19.7 Å². The third kappa shape index (κ3) is 3.55. The number of hydrogen-bond acceptors (Lipinski definition) is 3. The lowest BCUT2D eigenvalue weighted by Crippen LogP contribution is -2.47. The number of aliphatic hydroxyl groups is 1. The molecule has 4 heteroatoms. The van der Waals surface area contributed by atoms with Crippen LogP contribution in [0.1, 0.15) is 27.2 Å². The third-order valence-corrected chi connectivity index (χ3v) is 8.53. The van der Waals surface area contributed by atoms with Gasteiger partial charge >= 0.3 is 0 Å². The molecule has 2 N–H and O–H groups in total. The van der Waals surface area contributed by atoms with Crippen LogP contribution in [0.4, 0.5) is 0 Å². The highest BCUT2D eigenvalue weighted by molar-refractivity contribution is 6.74. The molecule has 1 rings (SSSR count). The summed E-state index contributed by atoms with van der Waals surface area (Å²) in [6.45, 7) is 13.8. The largest absolute Gasteiger partial charge is 0.416 e. The molecular formula is C12H27NO2Si. The molecule has 2 atom stereocenters. The van der Waals surface area contributed by atoms with Crippen LogP contribution in [0.2, 0.25) is 18.1 Å². The molecule has 0 aromatic heterocycles. The highest BCUT2D eigenvalue weighted by Gasteiger charge is 2.38. The SMILES string of the molecule is CC(C)(C)[Si](C)(C)OCC1CNCCC1O. The van der Waals surface area contributed by atoms with Crippen molar-refractivity contribution in [1.29, 1.82) is 0 Å². The van der Waals surface area contributed by atoms with Crippen LogP contribution < -0.4 is 5.32 Å². The summed E-state index contributed by atoms with van der Waals surface area (Å²) < 4.78 is 6.14. The molecule has 16 heavy (non-hydrogen) atoms. The van der Waals surface area contributed by atoms with Crippen molar-refractivity contribution in [3.8, 4) is 0 Å². The third-order valence-electron chi connectivity index (χ3n) is 4.03. The maximum absolute atomic E-state index is 9.86. The minimum absolute atomic E-state index is 0.189. The Morgan fingerprint density at radius 2 is 2.00 bits per heavy atom. The van der Waals surface area contributed by atoms with Crippen LogP contribution in [0.3, 0.4) is 0 Å². The van der Waals surface area contributed by atoms with E-state index in [-0.39, 0.29) is 17.1 Å². The highest BCUT2D eigenvalue weighted by atomic mass is 28.4. The Labute approximate surface area is 101 Å². The number of aliphatic hydroxyl groups excluding tert-OH is 1. The summed E-state index contributed by atoms with van der Waals surface area (Å²) in [6, 6.07) is 0. The molecule has 0 aromatic carbocycles. The standard InChI is InChI=1S/C12H27NO2Si/c1-12(2,3)16(4,5)15-9-10-8-13-7-6-11(10)14/h10-11,13-14H,6-9H2,1-5H3. The van der Waals surface area contributed by atoms with Gasteiger partial charge in [0.2, 0.25) is 0 Å². The molecule has 1 aliphatic rings. The molecule has 0 spiro atoms. The van der Waals surface area contributed by atoms with E-state index < -0.39 is 8.32 Å². The van der Waals surface area contributed by atoms with E-state index in [1.54, 1.807) is 0 Å². The molecule has 3 nitrogen and oxygen atoms in total. The molecule has 0 radical (unpaired) electrons. The first-order chi connectivity index (χ1) is 7.24. The summed E-state index contributed by atoms with van der Waals surface area (Å²) >= 11 is 0. The lowest BCUT2D eigenvalue weighted by molar-refractivity contribution is 0.0476. The van der Waals surface area contributed by atoms with Crippen LogP contribution in [0, 0.1) is 5.92 Å². The Morgan fingerprint density at radius 1 is 1.38 bits per heavy atom. The van der Waals surface area contributed by atoms with Crippen molar-refractivity contribution in [3.05, 3.63) is 0 Å². The van der Waals surface area contributed by atoms with Gasteiger partial charge in [0.25, 0.3) is 0 Å². The van der Waals surface area contributed by atoms with E-state index in [4.69, 9.17) is 4.43 Å². The van der Waals surface area contributed by atoms with Crippen molar-refractivity contribution in [3.63, 3.8) is 0 Å². The summed E-state index contributed by atoms with van der Waals surface area (Å²) in [5.74, 6) is 0.267. The van der Waals surface area contributed by atoms with Crippen molar-refractivity contribution >= 4 is 8.32 Å². The van der Waals surface area contributed by atoms with E-state index in [1.165, 1.54) is 0 Å². The molecule has 1 aliphatic heterocycles. The predicted octanol–water partition coefficient (Wildman–Crippen LogP) is 1.98. The van der Waals surface area contributed by atoms with Gasteiger partial charge in [-0.1, -0.05) is 20.8 Å². The quantitative estimate of drug-likeness (QED) is 0.747. The van der Waals surface area contributed by atoms with Crippen LogP contribution in [-0.2, 0) is 4.43 Å². The molecule has 0 aromatic rings. The molecule has 1 heterocycles. The lowest BCUT2D eigenvalue weighted by Gasteiger charge is -2.38. The van der Waals surface area contributed by atoms with Crippen molar-refractivity contribution in [2.24, 2.45) is 5.92 Å². The van der Waals surface area contributed by atoms with E-state index in [0.29, 0.717) is 6.61 Å². The van der Waals surface area contributed by atoms with Gasteiger partial charge in [-0.15, -0.1) is 0 Å². The molecule has 1 saturated heterocycles. The first kappa shape index (κ1) is 14.2. The van der Waals surface area contributed by atoms with Gasteiger partial charge in [0.05, 0.1) is 6.10 Å². The van der Waals surface area contributed by atoms with Crippen LogP contribution in [0.25, 0.3) is 0 Å². The number of rotatable bonds is 3. The second-order valence-corrected chi connectivity index (χ2v) is 11.2. The van der Waals surface area contributed by atoms with Gasteiger partial charge in [-0.3, -0.25) is 0 Å². The van der Waals surface area contributed by atoms with Crippen LogP contribution in [0.5, 0.6) is 0 Å². The topological polar surface area (TPSA) is 41.5 Å². The molecule has 0 aliphatic carbocycles. The normalized spacial score (nSPS) is 28.1. The molecule has 0 amide bonds. The van der Waals surface area contributed by atoms with Gasteiger partial charge in [0.1, 0.15) is 0 Å². The van der Waals surface area contributed by atoms with Gasteiger partial charge in [-0.25, -0.2) is 0 Å². The van der Waals surface area contributed by atoms with Crippen molar-refractivity contribution in [2.45, 2.75) is 51.4 Å². The lowest BCUT2D eigenvalue weighted by atomic mass is 9.97. The summed E-state index contributed by atoms with van der Waals surface area (Å²) in [6.07, 6.45) is 0.664. The van der Waals surface area contributed by atoms with Crippen molar-refractivity contribution < 1.29 is 9.53 Å². The van der Waals surface area contributed by atoms with Crippen molar-refractivity contribution in [1.82, 2.24) is 5.32 Å². The Morgan fingerprint density at radius 3 is 2.50 bits per heavy atom. The second-order valence-electron chi connectivity index (χ2n) is 6.39. The zero-order valence-corrected chi connectivity index (χ0v) is 12.3. The molecule has 0 saturated carbocycles. The Balaban J connectivity index is 2.44. The van der Waals surface area contributed by atoms with E-state index in [2.05, 4.69) is 39.2 Å². The monoisotopic (exact) mass is 245 g/mol. The summed E-state index contributed by atoms with van der Waals surface area (Å²) in [4.78, 5) is 0. The minimum Gasteiger partial charge on any atom is -0.416 e. The molecule has 0 bridgehead atoms. The number of nitrogens with one attached hydrogen (secondary N) is 1. The Bertz CT molecular complexity index is 226. The fourth-order valence-corrected chi connectivity index (χ4v) is 2.67. The maximum Gasteiger partial charge on any atom is 0.191 e. The summed E-state index contributed by atoms with van der Waals surface area (Å²) in [5, 5.41) is 13.4. The first-order valence-corrected chi connectivity index (χ1v) is 9.17. The van der Waals surface area contributed by atoms with E-state index in [1.807, 2.05) is 0 Å². The van der Waals surface area contributed by atoms with Crippen LogP contribution >= 0.6 is 0 Å². The van der Waals surface area contributed by atoms with Gasteiger partial charge < -0.3 is 14.8 Å². The maximum atomic E-state index is 9.86. The van der Waals surface area contributed by atoms with Crippen LogP contribution in [0.15, 0.2) is 0 Å². The summed E-state index contributed by atoms with van der Waals surface area (Å²) in [7, 11) is -1.66. The zero-order valence-electron chi connectivity index (χ0n) is 11.3. The average Bonchev–Trinajstić information content (AvgIpc) is 2.15. The molecule has 2 unspecified atom stereocenters. The smallest absolute Gasteiger partial charge is 0.191 e. The van der Waals surface area contributed by atoms with Gasteiger partial charge in [0.15, 0.2) is 8.32 Å².